The maximum Gasteiger partial charge on any atom is 0.410 e. The minimum absolute atomic E-state index is 0.147. The Bertz CT molecular complexity index is 606. The first-order valence-corrected chi connectivity index (χ1v) is 7.33. The van der Waals surface area contributed by atoms with Crippen LogP contribution in [0.2, 0.25) is 0 Å². The lowest BCUT2D eigenvalue weighted by atomic mass is 9.92. The van der Waals surface area contributed by atoms with E-state index in [9.17, 15) is 9.59 Å². The molecular formula is C15H19N3O4. The largest absolute Gasteiger partial charge is 0.497 e. The zero-order chi connectivity index (χ0) is 15.7. The van der Waals surface area contributed by atoms with Gasteiger partial charge in [-0.05, 0) is 12.5 Å². The number of hydrogen-bond acceptors (Lipinski definition) is 5. The molecule has 1 aromatic heterocycles. The molecule has 2 fully saturated rings. The Hall–Kier alpha value is -2.31. The van der Waals surface area contributed by atoms with Crippen molar-refractivity contribution in [2.24, 2.45) is 0 Å². The van der Waals surface area contributed by atoms with Crippen LogP contribution in [0.15, 0.2) is 18.3 Å². The number of cyclic esters (lactones) is 1. The number of carbonyl (C=O) groups excluding carboxylic acids is 2. The van der Waals surface area contributed by atoms with E-state index in [1.54, 1.807) is 35.2 Å². The summed E-state index contributed by atoms with van der Waals surface area (Å²) < 4.78 is 10.3. The fourth-order valence-electron chi connectivity index (χ4n) is 3.06. The van der Waals surface area contributed by atoms with Gasteiger partial charge < -0.3 is 14.4 Å². The first-order chi connectivity index (χ1) is 10.6. The fraction of sp³-hybridized carbons (Fsp3) is 0.533. The van der Waals surface area contributed by atoms with Gasteiger partial charge >= 0.3 is 6.09 Å². The van der Waals surface area contributed by atoms with Crippen molar-refractivity contribution in [3.63, 3.8) is 0 Å². The van der Waals surface area contributed by atoms with Crippen LogP contribution in [0.1, 0.15) is 23.8 Å². The number of ether oxygens (including phenoxy) is 2. The summed E-state index contributed by atoms with van der Waals surface area (Å²) in [5, 5.41) is 0. The van der Waals surface area contributed by atoms with Gasteiger partial charge in [0.1, 0.15) is 18.1 Å². The van der Waals surface area contributed by atoms with Gasteiger partial charge in [0, 0.05) is 31.9 Å². The van der Waals surface area contributed by atoms with Crippen LogP contribution in [0, 0.1) is 0 Å². The zero-order valence-electron chi connectivity index (χ0n) is 12.7. The second-order valence-corrected chi connectivity index (χ2v) is 5.59. The van der Waals surface area contributed by atoms with Crippen LogP contribution >= 0.6 is 0 Å². The average Bonchev–Trinajstić information content (AvgIpc) is 2.91. The molecule has 1 unspecified atom stereocenters. The lowest BCUT2D eigenvalue weighted by molar-refractivity contribution is 0.0357. The first-order valence-electron chi connectivity index (χ1n) is 7.33. The van der Waals surface area contributed by atoms with E-state index < -0.39 is 5.54 Å². The molecule has 7 nitrogen and oxygen atoms in total. The molecule has 2 aliphatic rings. The summed E-state index contributed by atoms with van der Waals surface area (Å²) in [4.78, 5) is 32.0. The molecule has 0 aliphatic carbocycles. The highest BCUT2D eigenvalue weighted by atomic mass is 16.6. The number of amides is 2. The van der Waals surface area contributed by atoms with Crippen LogP contribution in [0.5, 0.6) is 5.75 Å². The number of nitrogens with zero attached hydrogens (tertiary/aromatic N) is 3. The van der Waals surface area contributed by atoms with Crippen LogP contribution in [0.4, 0.5) is 4.79 Å². The SMILES string of the molecule is CCC12COC(=O)N1CCN(C(=O)c1cc(OC)ccn1)C2. The van der Waals surface area contributed by atoms with Crippen LogP contribution in [-0.2, 0) is 4.74 Å². The van der Waals surface area contributed by atoms with Gasteiger partial charge in [-0.2, -0.15) is 0 Å². The topological polar surface area (TPSA) is 72.0 Å². The summed E-state index contributed by atoms with van der Waals surface area (Å²) in [6, 6.07) is 3.33. The third-order valence-corrected chi connectivity index (χ3v) is 4.47. The Kier molecular flexibility index (Phi) is 3.64. The van der Waals surface area contributed by atoms with Gasteiger partial charge in [0.25, 0.3) is 5.91 Å². The van der Waals surface area contributed by atoms with E-state index in [1.165, 1.54) is 0 Å². The molecule has 3 heterocycles. The van der Waals surface area contributed by atoms with E-state index >= 15 is 0 Å². The zero-order valence-corrected chi connectivity index (χ0v) is 12.7. The molecular weight excluding hydrogens is 286 g/mol. The van der Waals surface area contributed by atoms with E-state index in [1.807, 2.05) is 6.92 Å². The van der Waals surface area contributed by atoms with Crippen LogP contribution in [-0.4, -0.2) is 65.7 Å². The Morgan fingerprint density at radius 2 is 2.32 bits per heavy atom. The van der Waals surface area contributed by atoms with Crippen molar-refractivity contribution in [1.29, 1.82) is 0 Å². The molecule has 1 aromatic rings. The summed E-state index contributed by atoms with van der Waals surface area (Å²) in [5.41, 5.74) is -0.0616. The van der Waals surface area contributed by atoms with Gasteiger partial charge in [-0.15, -0.1) is 0 Å². The number of rotatable bonds is 3. The molecule has 0 saturated carbocycles. The summed E-state index contributed by atoms with van der Waals surface area (Å²) >= 11 is 0. The van der Waals surface area contributed by atoms with Crippen LogP contribution in [0.25, 0.3) is 0 Å². The number of fused-ring (bicyclic) bond motifs is 1. The minimum atomic E-state index is -0.413. The van der Waals surface area contributed by atoms with Crippen molar-refractivity contribution in [1.82, 2.24) is 14.8 Å². The highest BCUT2D eigenvalue weighted by Gasteiger charge is 2.50. The van der Waals surface area contributed by atoms with E-state index in [0.29, 0.717) is 37.7 Å². The minimum Gasteiger partial charge on any atom is -0.497 e. The molecule has 0 radical (unpaired) electrons. The van der Waals surface area contributed by atoms with Crippen molar-refractivity contribution in [2.45, 2.75) is 18.9 Å². The number of carbonyl (C=O) groups is 2. The molecule has 0 spiro atoms. The van der Waals surface area contributed by atoms with Gasteiger partial charge in [0.05, 0.1) is 12.6 Å². The monoisotopic (exact) mass is 305 g/mol. The van der Waals surface area contributed by atoms with Crippen molar-refractivity contribution in [2.75, 3.05) is 33.4 Å². The Morgan fingerprint density at radius 3 is 3.05 bits per heavy atom. The Balaban J connectivity index is 1.81. The van der Waals surface area contributed by atoms with E-state index in [-0.39, 0.29) is 12.0 Å². The maximum atomic E-state index is 12.7. The lowest BCUT2D eigenvalue weighted by Gasteiger charge is -2.44. The van der Waals surface area contributed by atoms with E-state index in [2.05, 4.69) is 4.98 Å². The van der Waals surface area contributed by atoms with Crippen molar-refractivity contribution in [3.8, 4) is 5.75 Å². The molecule has 7 heteroatoms. The van der Waals surface area contributed by atoms with E-state index in [4.69, 9.17) is 9.47 Å². The third kappa shape index (κ3) is 2.26. The molecule has 2 saturated heterocycles. The quantitative estimate of drug-likeness (QED) is 0.837. The number of aromatic nitrogens is 1. The van der Waals surface area contributed by atoms with Gasteiger partial charge in [0.2, 0.25) is 0 Å². The second-order valence-electron chi connectivity index (χ2n) is 5.59. The highest BCUT2D eigenvalue weighted by Crippen LogP contribution is 2.32. The molecule has 0 N–H and O–H groups in total. The van der Waals surface area contributed by atoms with Crippen LogP contribution < -0.4 is 4.74 Å². The molecule has 2 amide bonds. The van der Waals surface area contributed by atoms with Crippen molar-refractivity contribution < 1.29 is 19.1 Å². The van der Waals surface area contributed by atoms with Crippen molar-refractivity contribution in [3.05, 3.63) is 24.0 Å². The summed E-state index contributed by atoms with van der Waals surface area (Å²) in [6.07, 6.45) is 2.02. The molecule has 0 aromatic carbocycles. The average molecular weight is 305 g/mol. The standard InChI is InChI=1S/C15H19N3O4/c1-3-15-9-17(6-7-18(15)14(20)22-10-15)13(19)12-8-11(21-2)4-5-16-12/h4-5,8H,3,6-7,9-10H2,1-2H3. The number of hydrogen-bond donors (Lipinski definition) is 0. The molecule has 0 bridgehead atoms. The number of piperazine rings is 1. The predicted molar refractivity (Wildman–Crippen MR) is 77.8 cm³/mol. The normalized spacial score (nSPS) is 24.0. The highest BCUT2D eigenvalue weighted by molar-refractivity contribution is 5.93. The lowest BCUT2D eigenvalue weighted by Crippen LogP contribution is -2.62. The Labute approximate surface area is 128 Å². The molecule has 22 heavy (non-hydrogen) atoms. The van der Waals surface area contributed by atoms with E-state index in [0.717, 1.165) is 6.42 Å². The third-order valence-electron chi connectivity index (χ3n) is 4.47. The summed E-state index contributed by atoms with van der Waals surface area (Å²) in [6.45, 7) is 3.77. The summed E-state index contributed by atoms with van der Waals surface area (Å²) in [5.74, 6) is 0.451. The predicted octanol–water partition coefficient (Wildman–Crippen LogP) is 1.15. The van der Waals surface area contributed by atoms with Gasteiger partial charge in [-0.1, -0.05) is 6.92 Å². The molecule has 1 atom stereocenters. The molecule has 2 aliphatic heterocycles. The summed E-state index contributed by atoms with van der Waals surface area (Å²) in [7, 11) is 1.55. The first kappa shape index (κ1) is 14.6. The second kappa shape index (κ2) is 5.47. The molecule has 3 rings (SSSR count). The maximum absolute atomic E-state index is 12.7. The van der Waals surface area contributed by atoms with Gasteiger partial charge in [-0.25, -0.2) is 4.79 Å². The van der Waals surface area contributed by atoms with Gasteiger partial charge in [0.15, 0.2) is 0 Å². The Morgan fingerprint density at radius 1 is 1.50 bits per heavy atom. The van der Waals surface area contributed by atoms with Crippen LogP contribution in [0.3, 0.4) is 0 Å². The number of methoxy groups -OCH3 is 1. The fourth-order valence-corrected chi connectivity index (χ4v) is 3.06. The van der Waals surface area contributed by atoms with Gasteiger partial charge in [-0.3, -0.25) is 14.7 Å². The smallest absolute Gasteiger partial charge is 0.410 e. The number of pyridine rings is 1. The van der Waals surface area contributed by atoms with Crippen molar-refractivity contribution >= 4 is 12.0 Å². The molecule has 118 valence electrons.